The van der Waals surface area contributed by atoms with Crippen molar-refractivity contribution in [2.24, 2.45) is 10.6 Å². The van der Waals surface area contributed by atoms with Crippen molar-refractivity contribution in [1.29, 1.82) is 0 Å². The minimum atomic E-state index is -2.87. The van der Waals surface area contributed by atoms with E-state index in [0.717, 1.165) is 0 Å². The monoisotopic (exact) mass is 459 g/mol. The van der Waals surface area contributed by atoms with E-state index in [-0.39, 0.29) is 44.8 Å². The van der Waals surface area contributed by atoms with Gasteiger partial charge in [0.1, 0.15) is 5.82 Å². The largest absolute Gasteiger partial charge is 0.409 e. The van der Waals surface area contributed by atoms with Crippen LogP contribution in [0.2, 0.25) is 0 Å². The molecule has 0 radical (unpaired) electrons. The van der Waals surface area contributed by atoms with E-state index in [1.54, 1.807) is 0 Å². The van der Waals surface area contributed by atoms with E-state index in [1.165, 1.54) is 18.2 Å². The lowest BCUT2D eigenvalue weighted by atomic mass is 9.67. The molecule has 2 aliphatic rings. The number of nitrogens with one attached hydrogen (secondary N) is 2. The van der Waals surface area contributed by atoms with Crippen LogP contribution in [0.25, 0.3) is 0 Å². The smallest absolute Gasteiger partial charge is 0.203 e. The SMILES string of the molecule is O=S1(=O)CC2(CC(Nc3nonc3/C(=N/O)Nc3ccc(F)c(Br)c3)C2)C1. The molecule has 1 aromatic heterocycles. The lowest BCUT2D eigenvalue weighted by molar-refractivity contribution is 0.153. The molecule has 2 heterocycles. The molecule has 1 aliphatic heterocycles. The van der Waals surface area contributed by atoms with Crippen molar-refractivity contribution in [2.75, 3.05) is 22.1 Å². The Morgan fingerprint density at radius 2 is 2.11 bits per heavy atom. The summed E-state index contributed by atoms with van der Waals surface area (Å²) in [5, 5.41) is 26.0. The van der Waals surface area contributed by atoms with E-state index in [1.807, 2.05) is 0 Å². The maximum atomic E-state index is 13.3. The molecule has 1 spiro atoms. The summed E-state index contributed by atoms with van der Waals surface area (Å²) in [6, 6.07) is 4.24. The van der Waals surface area contributed by atoms with Gasteiger partial charge >= 0.3 is 0 Å². The average Bonchev–Trinajstić information content (AvgIpc) is 3.00. The van der Waals surface area contributed by atoms with Crippen molar-refractivity contribution >= 4 is 43.1 Å². The second kappa shape index (κ2) is 6.44. The van der Waals surface area contributed by atoms with Crippen LogP contribution in [-0.2, 0) is 9.84 Å². The second-order valence-corrected chi connectivity index (χ2v) is 9.86. The van der Waals surface area contributed by atoms with Gasteiger partial charge in [-0.1, -0.05) is 5.16 Å². The Labute approximate surface area is 162 Å². The quantitative estimate of drug-likeness (QED) is 0.274. The zero-order chi connectivity index (χ0) is 19.2. The molecule has 9 nitrogen and oxygen atoms in total. The molecular weight excluding hydrogens is 445 g/mol. The lowest BCUT2D eigenvalue weighted by Gasteiger charge is -2.53. The molecule has 0 amide bonds. The number of sulfone groups is 1. The maximum absolute atomic E-state index is 13.3. The van der Waals surface area contributed by atoms with E-state index in [9.17, 15) is 18.0 Å². The van der Waals surface area contributed by atoms with Gasteiger partial charge in [-0.05, 0) is 57.3 Å². The summed E-state index contributed by atoms with van der Waals surface area (Å²) in [7, 11) is -2.87. The van der Waals surface area contributed by atoms with E-state index >= 15 is 0 Å². The van der Waals surface area contributed by atoms with Crippen LogP contribution in [0.3, 0.4) is 0 Å². The maximum Gasteiger partial charge on any atom is 0.203 e. The number of rotatable bonds is 4. The molecule has 144 valence electrons. The minimum Gasteiger partial charge on any atom is -0.409 e. The normalized spacial score (nSPS) is 20.7. The van der Waals surface area contributed by atoms with Crippen molar-refractivity contribution in [3.05, 3.63) is 34.2 Å². The van der Waals surface area contributed by atoms with Gasteiger partial charge in [-0.25, -0.2) is 17.4 Å². The Morgan fingerprint density at radius 1 is 1.37 bits per heavy atom. The zero-order valence-corrected chi connectivity index (χ0v) is 16.2. The highest BCUT2D eigenvalue weighted by atomic mass is 79.9. The molecule has 2 fully saturated rings. The highest BCUT2D eigenvalue weighted by molar-refractivity contribution is 9.10. The van der Waals surface area contributed by atoms with Gasteiger partial charge in [-0.15, -0.1) is 0 Å². The molecule has 0 bridgehead atoms. The van der Waals surface area contributed by atoms with Crippen LogP contribution in [0.4, 0.5) is 15.9 Å². The van der Waals surface area contributed by atoms with Gasteiger partial charge in [0.05, 0.1) is 16.0 Å². The van der Waals surface area contributed by atoms with Gasteiger partial charge in [-0.3, -0.25) is 0 Å². The van der Waals surface area contributed by atoms with E-state index < -0.39 is 15.7 Å². The van der Waals surface area contributed by atoms with Crippen LogP contribution in [0.15, 0.2) is 32.5 Å². The Kier molecular flexibility index (Phi) is 4.34. The average molecular weight is 460 g/mol. The molecule has 3 N–H and O–H groups in total. The van der Waals surface area contributed by atoms with Crippen LogP contribution in [0.1, 0.15) is 18.5 Å². The highest BCUT2D eigenvalue weighted by Crippen LogP contribution is 2.50. The third kappa shape index (κ3) is 3.50. The fraction of sp³-hybridized carbons (Fsp3) is 0.400. The molecule has 1 aromatic carbocycles. The summed E-state index contributed by atoms with van der Waals surface area (Å²) in [5.41, 5.74) is 0.493. The molecular formula is C15H15BrFN5O4S. The van der Waals surface area contributed by atoms with Crippen molar-refractivity contribution in [3.8, 4) is 0 Å². The van der Waals surface area contributed by atoms with Crippen LogP contribution in [0, 0.1) is 11.2 Å². The molecule has 12 heteroatoms. The predicted octanol–water partition coefficient (Wildman–Crippen LogP) is 2.21. The highest BCUT2D eigenvalue weighted by Gasteiger charge is 2.56. The number of amidine groups is 1. The van der Waals surface area contributed by atoms with Crippen molar-refractivity contribution < 1.29 is 22.6 Å². The first-order valence-electron chi connectivity index (χ1n) is 8.03. The van der Waals surface area contributed by atoms with Crippen LogP contribution >= 0.6 is 15.9 Å². The van der Waals surface area contributed by atoms with Gasteiger partial charge in [-0.2, -0.15) is 0 Å². The number of nitrogens with zero attached hydrogens (tertiary/aromatic N) is 3. The standard InChI is InChI=1S/C15H15BrFN5O4S/c16-10-3-8(1-2-11(10)17)18-13(20-23)12-14(22-26-21-12)19-9-4-15(5-9)6-27(24,25)7-15/h1-3,9,23H,4-7H2,(H,18,20)(H,19,22). The van der Waals surface area contributed by atoms with Gasteiger partial charge in [0.2, 0.25) is 11.7 Å². The summed E-state index contributed by atoms with van der Waals surface area (Å²) < 4.78 is 41.1. The number of oxime groups is 1. The minimum absolute atomic E-state index is 0.0301. The number of hydrogen-bond acceptors (Lipinski definition) is 8. The molecule has 1 saturated heterocycles. The van der Waals surface area contributed by atoms with Crippen LogP contribution in [0.5, 0.6) is 0 Å². The van der Waals surface area contributed by atoms with Crippen molar-refractivity contribution in [1.82, 2.24) is 10.3 Å². The molecule has 4 rings (SSSR count). The Hall–Kier alpha value is -2.21. The molecule has 0 atom stereocenters. The topological polar surface area (TPSA) is 130 Å². The third-order valence-corrected chi connectivity index (χ3v) is 7.46. The first kappa shape index (κ1) is 18.2. The third-order valence-electron chi connectivity index (χ3n) is 4.75. The number of halogens is 2. The Bertz CT molecular complexity index is 1000. The summed E-state index contributed by atoms with van der Waals surface area (Å²) >= 11 is 3.08. The molecule has 2 aromatic rings. The number of benzene rings is 1. The lowest BCUT2D eigenvalue weighted by Crippen LogP contribution is -2.60. The Balaban J connectivity index is 1.44. The number of hydrogen-bond donors (Lipinski definition) is 3. The number of aromatic nitrogens is 2. The summed E-state index contributed by atoms with van der Waals surface area (Å²) in [5.74, 6) is 0.278. The van der Waals surface area contributed by atoms with Gasteiger partial charge in [0.25, 0.3) is 0 Å². The molecule has 27 heavy (non-hydrogen) atoms. The molecule has 0 unspecified atom stereocenters. The zero-order valence-electron chi connectivity index (χ0n) is 13.8. The van der Waals surface area contributed by atoms with E-state index in [0.29, 0.717) is 18.5 Å². The predicted molar refractivity (Wildman–Crippen MR) is 98.1 cm³/mol. The van der Waals surface area contributed by atoms with E-state index in [2.05, 4.69) is 42.0 Å². The van der Waals surface area contributed by atoms with Crippen LogP contribution < -0.4 is 10.6 Å². The molecule has 1 aliphatic carbocycles. The molecule has 1 saturated carbocycles. The first-order chi connectivity index (χ1) is 12.8. The van der Waals surface area contributed by atoms with E-state index in [4.69, 9.17) is 4.63 Å². The van der Waals surface area contributed by atoms with Gasteiger partial charge in [0, 0.05) is 17.1 Å². The van der Waals surface area contributed by atoms with Crippen LogP contribution in [-0.4, -0.2) is 47.3 Å². The van der Waals surface area contributed by atoms with Crippen molar-refractivity contribution in [2.45, 2.75) is 18.9 Å². The van der Waals surface area contributed by atoms with Crippen molar-refractivity contribution in [3.63, 3.8) is 0 Å². The summed E-state index contributed by atoms with van der Waals surface area (Å²) in [4.78, 5) is 0. The van der Waals surface area contributed by atoms with Gasteiger partial charge in [0.15, 0.2) is 15.5 Å². The van der Waals surface area contributed by atoms with Gasteiger partial charge < -0.3 is 15.8 Å². The summed E-state index contributed by atoms with van der Waals surface area (Å²) in [6.45, 7) is 0. The fourth-order valence-electron chi connectivity index (χ4n) is 3.69. The fourth-order valence-corrected chi connectivity index (χ4v) is 6.32. The first-order valence-corrected chi connectivity index (χ1v) is 10.6. The summed E-state index contributed by atoms with van der Waals surface area (Å²) in [6.07, 6.45) is 1.42. The second-order valence-electron chi connectivity index (χ2n) is 6.95. The number of anilines is 2. The Morgan fingerprint density at radius 3 is 2.74 bits per heavy atom.